The fourth-order valence-electron chi connectivity index (χ4n) is 10.5. The number of aliphatic hydroxyl groups is 2. The minimum absolute atomic E-state index is 0.0158. The van der Waals surface area contributed by atoms with Gasteiger partial charge in [-0.15, -0.1) is 10.2 Å². The summed E-state index contributed by atoms with van der Waals surface area (Å²) < 4.78 is 24.8. The van der Waals surface area contributed by atoms with E-state index >= 15 is 0 Å². The summed E-state index contributed by atoms with van der Waals surface area (Å²) in [6.07, 6.45) is 1.62. The third-order valence-corrected chi connectivity index (χ3v) is 15.2. The van der Waals surface area contributed by atoms with E-state index in [-0.39, 0.29) is 31.8 Å². The van der Waals surface area contributed by atoms with E-state index in [4.69, 9.17) is 29.2 Å². The smallest absolute Gasteiger partial charge is 0.130 e. The van der Waals surface area contributed by atoms with E-state index < -0.39 is 12.2 Å². The van der Waals surface area contributed by atoms with E-state index in [0.717, 1.165) is 116 Å². The molecule has 2 aliphatic rings. The van der Waals surface area contributed by atoms with Crippen molar-refractivity contribution in [3.63, 3.8) is 0 Å². The largest absolute Gasteiger partial charge is 0.491 e. The Bertz CT molecular complexity index is 3250. The Hall–Kier alpha value is -8.84. The fourth-order valence-corrected chi connectivity index (χ4v) is 10.5. The first-order valence-electron chi connectivity index (χ1n) is 28.0. The number of nitrogens with zero attached hydrogens (tertiary/aromatic N) is 6. The second-order valence-electron chi connectivity index (χ2n) is 20.6. The molecule has 8 aromatic carbocycles. The molecular weight excluding hydrogens is 1010 g/mol. The van der Waals surface area contributed by atoms with Crippen molar-refractivity contribution >= 4 is 35.2 Å². The Labute approximate surface area is 476 Å². The number of fused-ring (bicyclic) bond motifs is 6. The lowest BCUT2D eigenvalue weighted by Crippen LogP contribution is -2.26. The van der Waals surface area contributed by atoms with Crippen LogP contribution in [-0.4, -0.2) is 98.9 Å². The van der Waals surface area contributed by atoms with Gasteiger partial charge in [0.05, 0.1) is 12.4 Å². The molecule has 0 saturated carbocycles. The van der Waals surface area contributed by atoms with Crippen LogP contribution in [0.15, 0.2) is 202 Å². The van der Waals surface area contributed by atoms with Crippen LogP contribution in [0.1, 0.15) is 86.1 Å². The van der Waals surface area contributed by atoms with E-state index in [0.29, 0.717) is 23.0 Å². The number of rotatable bonds is 24. The van der Waals surface area contributed by atoms with Gasteiger partial charge in [-0.3, -0.25) is 0 Å². The lowest BCUT2D eigenvalue weighted by Gasteiger charge is -2.26. The van der Waals surface area contributed by atoms with Crippen LogP contribution in [-0.2, 0) is 5.41 Å². The SMILES string of the molecule is CCN(CC)c1ccc(/C=N/N=C2c3ccccc3-c3ccccc32)c(OCC(O)COc2ccc(C(C)(C)c3ccc(OCC(O)COc4cc(N(CC)CC)ccc4/C=N/N=C4c5ccccc5-c5ccccc54)cc3)cc2)c1. The number of anilines is 2. The van der Waals surface area contributed by atoms with Crippen LogP contribution in [0, 0.1) is 0 Å². The summed E-state index contributed by atoms with van der Waals surface area (Å²) in [5.41, 5.74) is 15.8. The highest BCUT2D eigenvalue weighted by Crippen LogP contribution is 2.39. The highest BCUT2D eigenvalue weighted by atomic mass is 16.5. The van der Waals surface area contributed by atoms with Gasteiger partial charge < -0.3 is 39.0 Å². The molecule has 2 atom stereocenters. The molecule has 2 aliphatic carbocycles. The molecule has 412 valence electrons. The first kappa shape index (κ1) is 55.5. The van der Waals surface area contributed by atoms with Crippen LogP contribution in [0.5, 0.6) is 23.0 Å². The molecule has 0 radical (unpaired) electrons. The number of aliphatic hydroxyl groups excluding tert-OH is 2. The zero-order chi connectivity index (χ0) is 56.3. The Balaban J connectivity index is 0.725. The summed E-state index contributed by atoms with van der Waals surface area (Å²) in [5.74, 6) is 2.47. The average Bonchev–Trinajstić information content (AvgIpc) is 4.22. The van der Waals surface area contributed by atoms with Gasteiger partial charge in [-0.1, -0.05) is 135 Å². The molecule has 0 heterocycles. The maximum atomic E-state index is 11.1. The molecule has 0 aromatic heterocycles. The molecule has 0 aliphatic heterocycles. The lowest BCUT2D eigenvalue weighted by molar-refractivity contribution is 0.0626. The van der Waals surface area contributed by atoms with Crippen molar-refractivity contribution in [2.75, 3.05) is 62.4 Å². The number of hydrogen-bond donors (Lipinski definition) is 2. The molecule has 0 fully saturated rings. The van der Waals surface area contributed by atoms with Crippen molar-refractivity contribution < 1.29 is 29.2 Å². The highest BCUT2D eigenvalue weighted by molar-refractivity contribution is 6.25. The maximum absolute atomic E-state index is 11.1. The van der Waals surface area contributed by atoms with E-state index in [9.17, 15) is 10.2 Å². The van der Waals surface area contributed by atoms with Crippen molar-refractivity contribution in [1.29, 1.82) is 0 Å². The van der Waals surface area contributed by atoms with Crippen LogP contribution < -0.4 is 28.7 Å². The second-order valence-corrected chi connectivity index (χ2v) is 20.6. The predicted molar refractivity (Wildman–Crippen MR) is 329 cm³/mol. The molecule has 2 N–H and O–H groups in total. The molecule has 12 heteroatoms. The molecular formula is C69H70N6O6. The Morgan fingerprint density at radius 2 is 0.716 bits per heavy atom. The van der Waals surface area contributed by atoms with Gasteiger partial charge in [0.15, 0.2) is 0 Å². The molecule has 0 bridgehead atoms. The van der Waals surface area contributed by atoms with Gasteiger partial charge in [0.1, 0.15) is 73.1 Å². The van der Waals surface area contributed by atoms with Crippen molar-refractivity contribution in [3.05, 3.63) is 226 Å². The van der Waals surface area contributed by atoms with Crippen LogP contribution in [0.3, 0.4) is 0 Å². The van der Waals surface area contributed by atoms with Gasteiger partial charge in [0.25, 0.3) is 0 Å². The lowest BCUT2D eigenvalue weighted by atomic mass is 9.78. The molecule has 0 amide bonds. The molecule has 8 aromatic rings. The Morgan fingerprint density at radius 3 is 1.04 bits per heavy atom. The Kier molecular flexibility index (Phi) is 17.5. The Morgan fingerprint density at radius 1 is 0.407 bits per heavy atom. The van der Waals surface area contributed by atoms with Crippen molar-refractivity contribution in [2.45, 2.75) is 59.2 Å². The minimum Gasteiger partial charge on any atom is -0.491 e. The summed E-state index contributed by atoms with van der Waals surface area (Å²) in [6.45, 7) is 16.3. The first-order chi connectivity index (χ1) is 39.6. The van der Waals surface area contributed by atoms with Crippen molar-refractivity contribution in [2.24, 2.45) is 20.4 Å². The number of ether oxygens (including phenoxy) is 4. The molecule has 12 nitrogen and oxygen atoms in total. The molecule has 2 unspecified atom stereocenters. The van der Waals surface area contributed by atoms with Gasteiger partial charge in [0, 0.05) is 88.5 Å². The third-order valence-electron chi connectivity index (χ3n) is 15.2. The topological polar surface area (TPSA) is 133 Å². The summed E-state index contributed by atoms with van der Waals surface area (Å²) >= 11 is 0. The first-order valence-corrected chi connectivity index (χ1v) is 28.0. The summed E-state index contributed by atoms with van der Waals surface area (Å²) in [7, 11) is 0. The number of benzene rings is 8. The quantitative estimate of drug-likeness (QED) is 0.0451. The molecule has 0 spiro atoms. The molecule has 81 heavy (non-hydrogen) atoms. The summed E-state index contributed by atoms with van der Waals surface area (Å²) in [5, 5.41) is 40.8. The summed E-state index contributed by atoms with van der Waals surface area (Å²) in [4.78, 5) is 4.49. The minimum atomic E-state index is -0.904. The van der Waals surface area contributed by atoms with Crippen LogP contribution in [0.2, 0.25) is 0 Å². The second kappa shape index (κ2) is 25.5. The highest BCUT2D eigenvalue weighted by Gasteiger charge is 2.27. The van der Waals surface area contributed by atoms with E-state index in [2.05, 4.69) is 122 Å². The predicted octanol–water partition coefficient (Wildman–Crippen LogP) is 13.0. The fraction of sp³-hybridized carbons (Fsp3) is 0.246. The zero-order valence-corrected chi connectivity index (χ0v) is 47.0. The third kappa shape index (κ3) is 12.5. The van der Waals surface area contributed by atoms with Crippen LogP contribution >= 0.6 is 0 Å². The van der Waals surface area contributed by atoms with Gasteiger partial charge in [-0.2, -0.15) is 10.2 Å². The van der Waals surface area contributed by atoms with Crippen molar-refractivity contribution in [1.82, 2.24) is 0 Å². The zero-order valence-electron chi connectivity index (χ0n) is 47.0. The van der Waals surface area contributed by atoms with E-state index in [1.807, 2.05) is 121 Å². The average molecular weight is 1080 g/mol. The van der Waals surface area contributed by atoms with Crippen LogP contribution in [0.25, 0.3) is 22.3 Å². The molecule has 0 saturated heterocycles. The molecule has 10 rings (SSSR count). The summed E-state index contributed by atoms with van der Waals surface area (Å²) in [6, 6.07) is 61.0. The van der Waals surface area contributed by atoms with Gasteiger partial charge in [-0.25, -0.2) is 0 Å². The van der Waals surface area contributed by atoms with Crippen LogP contribution in [0.4, 0.5) is 11.4 Å². The maximum Gasteiger partial charge on any atom is 0.130 e. The van der Waals surface area contributed by atoms with Crippen molar-refractivity contribution in [3.8, 4) is 45.3 Å². The van der Waals surface area contributed by atoms with E-state index in [1.165, 1.54) is 0 Å². The number of hydrogen-bond acceptors (Lipinski definition) is 12. The van der Waals surface area contributed by atoms with Gasteiger partial charge in [-0.05, 0) is 110 Å². The normalized spacial score (nSPS) is 13.1. The van der Waals surface area contributed by atoms with E-state index in [1.54, 1.807) is 12.4 Å². The van der Waals surface area contributed by atoms with Gasteiger partial charge >= 0.3 is 0 Å². The monoisotopic (exact) mass is 1080 g/mol. The van der Waals surface area contributed by atoms with Gasteiger partial charge in [0.2, 0.25) is 0 Å². The standard InChI is InChI=1S/C69H70N6O6/c1-7-74(8-2)51-33-27-47(41-70-72-67-61-23-15-11-19-57(61)58-20-12-16-24-62(58)67)65(39-51)80-45-53(76)43-78-55-35-29-49(30-36-55)69(5,6)50-31-37-56(38-32-50)79-44-54(77)46-81-66-40-52(75(9-3)10-4)34-28-48(66)42-71-73-68-63-25-17-13-21-59(63)60-22-14-18-26-64(60)68/h11-42,53-54,76-77H,7-10,43-46H2,1-6H3/b70-41+,71-42+.